The predicted molar refractivity (Wildman–Crippen MR) is 75.1 cm³/mol. The number of nitrogens with zero attached hydrogens (tertiary/aromatic N) is 1. The molecule has 0 heterocycles. The number of aryl methyl sites for hydroxylation is 2. The van der Waals surface area contributed by atoms with Crippen LogP contribution in [-0.2, 0) is 0 Å². The number of carbonyl (C=O) groups excluding carboxylic acids is 1. The van der Waals surface area contributed by atoms with E-state index < -0.39 is 0 Å². The van der Waals surface area contributed by atoms with Gasteiger partial charge in [-0.2, -0.15) is 0 Å². The third-order valence-electron chi connectivity index (χ3n) is 3.93. The Morgan fingerprint density at radius 2 is 1.83 bits per heavy atom. The average Bonchev–Trinajstić information content (AvgIpc) is 2.22. The molecule has 0 atom stereocenters. The maximum Gasteiger partial charge on any atom is 0.164 e. The van der Waals surface area contributed by atoms with Crippen LogP contribution in [0.5, 0.6) is 0 Å². The van der Waals surface area contributed by atoms with Gasteiger partial charge in [0.15, 0.2) is 5.78 Å². The Kier molecular flexibility index (Phi) is 4.18. The predicted octanol–water partition coefficient (Wildman–Crippen LogP) is 3.36. The molecule has 18 heavy (non-hydrogen) atoms. The Balaban J connectivity index is 1.90. The first-order valence-electron chi connectivity index (χ1n) is 6.88. The highest BCUT2D eigenvalue weighted by Gasteiger charge is 2.22. The van der Waals surface area contributed by atoms with Gasteiger partial charge in [-0.1, -0.05) is 23.6 Å². The van der Waals surface area contributed by atoms with Gasteiger partial charge in [0.25, 0.3) is 0 Å². The van der Waals surface area contributed by atoms with Gasteiger partial charge in [-0.05, 0) is 45.9 Å². The largest absolute Gasteiger partial charge is 0.303 e. The summed E-state index contributed by atoms with van der Waals surface area (Å²) in [7, 11) is 2.14. The fourth-order valence-corrected chi connectivity index (χ4v) is 2.57. The highest BCUT2D eigenvalue weighted by atomic mass is 16.1. The highest BCUT2D eigenvalue weighted by Crippen LogP contribution is 2.23. The van der Waals surface area contributed by atoms with Crippen LogP contribution in [0.15, 0.2) is 18.2 Å². The summed E-state index contributed by atoms with van der Waals surface area (Å²) in [4.78, 5) is 14.5. The molecule has 1 aromatic rings. The van der Waals surface area contributed by atoms with E-state index in [1.165, 1.54) is 30.4 Å². The molecule has 0 aliphatic heterocycles. The smallest absolute Gasteiger partial charge is 0.164 e. The summed E-state index contributed by atoms with van der Waals surface area (Å²) in [6, 6.07) is 6.83. The van der Waals surface area contributed by atoms with Crippen molar-refractivity contribution in [1.29, 1.82) is 0 Å². The number of carbonyl (C=O) groups is 1. The second kappa shape index (κ2) is 5.66. The first-order valence-corrected chi connectivity index (χ1v) is 6.88. The van der Waals surface area contributed by atoms with Crippen molar-refractivity contribution in [1.82, 2.24) is 4.90 Å². The minimum Gasteiger partial charge on any atom is -0.303 e. The molecule has 0 N–H and O–H groups in total. The zero-order valence-electron chi connectivity index (χ0n) is 11.7. The van der Waals surface area contributed by atoms with E-state index in [0.717, 1.165) is 18.2 Å². The molecule has 0 unspecified atom stereocenters. The fraction of sp³-hybridized carbons (Fsp3) is 0.562. The summed E-state index contributed by atoms with van der Waals surface area (Å²) < 4.78 is 0. The SMILES string of the molecule is Cc1cc(C)cc(C(=O)CCN(C)C2CCC2)c1. The van der Waals surface area contributed by atoms with Crippen molar-refractivity contribution in [3.05, 3.63) is 34.9 Å². The Morgan fingerprint density at radius 1 is 1.22 bits per heavy atom. The van der Waals surface area contributed by atoms with Crippen LogP contribution in [0, 0.1) is 13.8 Å². The Morgan fingerprint density at radius 3 is 2.33 bits per heavy atom. The fourth-order valence-electron chi connectivity index (χ4n) is 2.57. The zero-order chi connectivity index (χ0) is 13.1. The minimum absolute atomic E-state index is 0.271. The number of benzene rings is 1. The van der Waals surface area contributed by atoms with E-state index in [4.69, 9.17) is 0 Å². The van der Waals surface area contributed by atoms with E-state index in [1.807, 2.05) is 26.0 Å². The lowest BCUT2D eigenvalue weighted by molar-refractivity contribution is 0.0939. The molecule has 1 aliphatic carbocycles. The molecule has 0 radical (unpaired) electrons. The van der Waals surface area contributed by atoms with Crippen LogP contribution in [0.4, 0.5) is 0 Å². The van der Waals surface area contributed by atoms with Gasteiger partial charge >= 0.3 is 0 Å². The van der Waals surface area contributed by atoms with Gasteiger partial charge in [-0.25, -0.2) is 0 Å². The summed E-state index contributed by atoms with van der Waals surface area (Å²) in [5.74, 6) is 0.271. The van der Waals surface area contributed by atoms with Crippen molar-refractivity contribution in [2.24, 2.45) is 0 Å². The molecule has 0 bridgehead atoms. The van der Waals surface area contributed by atoms with Crippen LogP contribution < -0.4 is 0 Å². The molecular formula is C16H23NO. The standard InChI is InChI=1S/C16H23NO/c1-12-9-13(2)11-14(10-12)16(18)7-8-17(3)15-5-4-6-15/h9-11,15H,4-8H2,1-3H3. The molecule has 0 amide bonds. The number of hydrogen-bond acceptors (Lipinski definition) is 2. The lowest BCUT2D eigenvalue weighted by Gasteiger charge is -2.34. The second-order valence-electron chi connectivity index (χ2n) is 5.61. The number of ketones is 1. The van der Waals surface area contributed by atoms with E-state index >= 15 is 0 Å². The Hall–Kier alpha value is -1.15. The van der Waals surface area contributed by atoms with Crippen LogP contribution >= 0.6 is 0 Å². The molecule has 2 rings (SSSR count). The highest BCUT2D eigenvalue weighted by molar-refractivity contribution is 5.96. The van der Waals surface area contributed by atoms with Crippen molar-refractivity contribution in [3.8, 4) is 0 Å². The molecule has 2 nitrogen and oxygen atoms in total. The Labute approximate surface area is 110 Å². The van der Waals surface area contributed by atoms with E-state index in [9.17, 15) is 4.79 Å². The van der Waals surface area contributed by atoms with Gasteiger partial charge in [0, 0.05) is 24.6 Å². The quantitative estimate of drug-likeness (QED) is 0.741. The summed E-state index contributed by atoms with van der Waals surface area (Å²) in [5.41, 5.74) is 3.21. The van der Waals surface area contributed by atoms with Crippen molar-refractivity contribution in [2.75, 3.05) is 13.6 Å². The normalized spacial score (nSPS) is 15.8. The van der Waals surface area contributed by atoms with Gasteiger partial charge in [0.2, 0.25) is 0 Å². The monoisotopic (exact) mass is 245 g/mol. The van der Waals surface area contributed by atoms with Crippen LogP contribution in [0.1, 0.15) is 47.2 Å². The molecule has 0 saturated heterocycles. The first-order chi connectivity index (χ1) is 8.56. The molecule has 98 valence electrons. The van der Waals surface area contributed by atoms with Gasteiger partial charge in [-0.15, -0.1) is 0 Å². The molecular weight excluding hydrogens is 222 g/mol. The average molecular weight is 245 g/mol. The summed E-state index contributed by atoms with van der Waals surface area (Å²) >= 11 is 0. The summed E-state index contributed by atoms with van der Waals surface area (Å²) in [6.07, 6.45) is 4.58. The maximum absolute atomic E-state index is 12.2. The van der Waals surface area contributed by atoms with Gasteiger partial charge < -0.3 is 4.90 Å². The number of Topliss-reactive ketones (excluding diaryl/α,β-unsaturated/α-hetero) is 1. The van der Waals surface area contributed by atoms with Crippen molar-refractivity contribution >= 4 is 5.78 Å². The molecule has 1 aliphatic rings. The third-order valence-corrected chi connectivity index (χ3v) is 3.93. The lowest BCUT2D eigenvalue weighted by Crippen LogP contribution is -2.38. The topological polar surface area (TPSA) is 20.3 Å². The van der Waals surface area contributed by atoms with Gasteiger partial charge in [-0.3, -0.25) is 4.79 Å². The Bertz CT molecular complexity index is 414. The first kappa shape index (κ1) is 13.3. The zero-order valence-corrected chi connectivity index (χ0v) is 11.7. The van der Waals surface area contributed by atoms with Crippen LogP contribution in [0.25, 0.3) is 0 Å². The molecule has 1 saturated carbocycles. The summed E-state index contributed by atoms with van der Waals surface area (Å²) in [5, 5.41) is 0. The molecule has 1 aromatic carbocycles. The van der Waals surface area contributed by atoms with Crippen LogP contribution in [0.2, 0.25) is 0 Å². The molecule has 2 heteroatoms. The minimum atomic E-state index is 0.271. The van der Waals surface area contributed by atoms with Gasteiger partial charge in [0.1, 0.15) is 0 Å². The van der Waals surface area contributed by atoms with Gasteiger partial charge in [0.05, 0.1) is 0 Å². The number of rotatable bonds is 5. The van der Waals surface area contributed by atoms with Crippen LogP contribution in [0.3, 0.4) is 0 Å². The second-order valence-corrected chi connectivity index (χ2v) is 5.61. The summed E-state index contributed by atoms with van der Waals surface area (Å²) in [6.45, 7) is 4.98. The molecule has 0 aromatic heterocycles. The van der Waals surface area contributed by atoms with Crippen LogP contribution in [-0.4, -0.2) is 30.3 Å². The number of hydrogen-bond donors (Lipinski definition) is 0. The molecule has 1 fully saturated rings. The van der Waals surface area contributed by atoms with Crippen molar-refractivity contribution in [2.45, 2.75) is 45.6 Å². The van der Waals surface area contributed by atoms with E-state index in [2.05, 4.69) is 18.0 Å². The van der Waals surface area contributed by atoms with E-state index in [-0.39, 0.29) is 5.78 Å². The van der Waals surface area contributed by atoms with E-state index in [0.29, 0.717) is 6.42 Å². The maximum atomic E-state index is 12.2. The lowest BCUT2D eigenvalue weighted by atomic mass is 9.91. The molecule has 0 spiro atoms. The van der Waals surface area contributed by atoms with Crippen molar-refractivity contribution in [3.63, 3.8) is 0 Å². The van der Waals surface area contributed by atoms with Crippen molar-refractivity contribution < 1.29 is 4.79 Å². The van der Waals surface area contributed by atoms with E-state index in [1.54, 1.807) is 0 Å². The third kappa shape index (κ3) is 3.20.